The molecule has 0 aromatic heterocycles. The highest BCUT2D eigenvalue weighted by Gasteiger charge is 2.14. The first-order valence-electron chi connectivity index (χ1n) is 7.95. The van der Waals surface area contributed by atoms with E-state index in [2.05, 4.69) is 35.3 Å². The predicted molar refractivity (Wildman–Crippen MR) is 81.5 cm³/mol. The minimum absolute atomic E-state index is 0.553. The Morgan fingerprint density at radius 3 is 2.80 bits per heavy atom. The summed E-state index contributed by atoms with van der Waals surface area (Å²) in [5.41, 5.74) is 4.10. The average Bonchev–Trinajstić information content (AvgIpc) is 2.93. The van der Waals surface area contributed by atoms with E-state index in [4.69, 9.17) is 4.74 Å². The fourth-order valence-electron chi connectivity index (χ4n) is 3.22. The van der Waals surface area contributed by atoms with Gasteiger partial charge in [0.05, 0.1) is 13.2 Å². The van der Waals surface area contributed by atoms with Crippen LogP contribution < -0.4 is 5.32 Å². The van der Waals surface area contributed by atoms with Crippen molar-refractivity contribution >= 4 is 0 Å². The molecule has 1 unspecified atom stereocenters. The predicted octanol–water partition coefficient (Wildman–Crippen LogP) is 2.68. The maximum absolute atomic E-state index is 5.47. The summed E-state index contributed by atoms with van der Waals surface area (Å²) in [6, 6.07) is 7.30. The third-order valence-corrected chi connectivity index (χ3v) is 4.42. The fraction of sp³-hybridized carbons (Fsp3) is 0.647. The van der Waals surface area contributed by atoms with Crippen LogP contribution >= 0.6 is 0 Å². The largest absolute Gasteiger partial charge is 0.372 e. The van der Waals surface area contributed by atoms with Crippen molar-refractivity contribution < 1.29 is 4.74 Å². The third kappa shape index (κ3) is 3.60. The van der Waals surface area contributed by atoms with Gasteiger partial charge >= 0.3 is 0 Å². The summed E-state index contributed by atoms with van der Waals surface area (Å²) in [5, 5.41) is 3.65. The first-order valence-corrected chi connectivity index (χ1v) is 7.95. The van der Waals surface area contributed by atoms with Crippen LogP contribution in [0.3, 0.4) is 0 Å². The Balaban J connectivity index is 1.46. The second kappa shape index (κ2) is 6.70. The summed E-state index contributed by atoms with van der Waals surface area (Å²) >= 11 is 0. The average molecular weight is 274 g/mol. The summed E-state index contributed by atoms with van der Waals surface area (Å²) in [6.45, 7) is 8.56. The molecule has 1 atom stereocenters. The van der Waals surface area contributed by atoms with Crippen molar-refractivity contribution in [1.82, 2.24) is 10.2 Å². The Labute approximate surface area is 122 Å². The second-order valence-electron chi connectivity index (χ2n) is 6.24. The van der Waals surface area contributed by atoms with E-state index in [1.165, 1.54) is 55.6 Å². The van der Waals surface area contributed by atoms with Gasteiger partial charge in [-0.15, -0.1) is 0 Å². The van der Waals surface area contributed by atoms with Crippen molar-refractivity contribution in [3.05, 3.63) is 34.9 Å². The van der Waals surface area contributed by atoms with E-state index >= 15 is 0 Å². The molecule has 0 aliphatic carbocycles. The lowest BCUT2D eigenvalue weighted by Gasteiger charge is -2.29. The minimum Gasteiger partial charge on any atom is -0.372 e. The standard InChI is InChI=1S/C17H26N2O/c1-14(11-19-7-3-2-4-8-19)18-10-15-5-6-16-12-20-13-17(16)9-15/h5-6,9,14,18H,2-4,7-8,10-13H2,1H3. The highest BCUT2D eigenvalue weighted by atomic mass is 16.5. The van der Waals surface area contributed by atoms with Gasteiger partial charge in [0.1, 0.15) is 0 Å². The fourth-order valence-corrected chi connectivity index (χ4v) is 3.22. The van der Waals surface area contributed by atoms with Crippen LogP contribution in [0.25, 0.3) is 0 Å². The van der Waals surface area contributed by atoms with Gasteiger partial charge in [-0.1, -0.05) is 24.6 Å². The molecule has 3 rings (SSSR count). The third-order valence-electron chi connectivity index (χ3n) is 4.42. The van der Waals surface area contributed by atoms with Gasteiger partial charge in [0.25, 0.3) is 0 Å². The van der Waals surface area contributed by atoms with Crippen LogP contribution in [0.1, 0.15) is 42.9 Å². The molecule has 110 valence electrons. The Bertz CT molecular complexity index is 441. The Morgan fingerprint density at radius 1 is 1.15 bits per heavy atom. The Kier molecular flexibility index (Phi) is 4.71. The van der Waals surface area contributed by atoms with Crippen molar-refractivity contribution in [2.24, 2.45) is 0 Å². The molecule has 1 fully saturated rings. The summed E-state index contributed by atoms with van der Waals surface area (Å²) < 4.78 is 5.47. The van der Waals surface area contributed by atoms with Crippen LogP contribution in [0.5, 0.6) is 0 Å². The highest BCUT2D eigenvalue weighted by Crippen LogP contribution is 2.20. The highest BCUT2D eigenvalue weighted by molar-refractivity contribution is 5.33. The van der Waals surface area contributed by atoms with Crippen molar-refractivity contribution in [1.29, 1.82) is 0 Å². The van der Waals surface area contributed by atoms with E-state index in [-0.39, 0.29) is 0 Å². The monoisotopic (exact) mass is 274 g/mol. The van der Waals surface area contributed by atoms with Crippen LogP contribution in [0.2, 0.25) is 0 Å². The lowest BCUT2D eigenvalue weighted by Crippen LogP contribution is -2.41. The molecule has 2 heterocycles. The Morgan fingerprint density at radius 2 is 1.95 bits per heavy atom. The summed E-state index contributed by atoms with van der Waals surface area (Å²) in [4.78, 5) is 2.59. The maximum Gasteiger partial charge on any atom is 0.0725 e. The number of ether oxygens (including phenoxy) is 1. The summed E-state index contributed by atoms with van der Waals surface area (Å²) in [7, 11) is 0. The van der Waals surface area contributed by atoms with Crippen molar-refractivity contribution in [2.75, 3.05) is 19.6 Å². The molecule has 3 heteroatoms. The molecule has 0 saturated carbocycles. The number of piperidine rings is 1. The van der Waals surface area contributed by atoms with Crippen LogP contribution in [-0.2, 0) is 24.5 Å². The van der Waals surface area contributed by atoms with E-state index in [9.17, 15) is 0 Å². The first-order chi connectivity index (χ1) is 9.81. The summed E-state index contributed by atoms with van der Waals surface area (Å²) in [5.74, 6) is 0. The lowest BCUT2D eigenvalue weighted by atomic mass is 10.1. The lowest BCUT2D eigenvalue weighted by molar-refractivity contribution is 0.134. The molecule has 0 bridgehead atoms. The van der Waals surface area contributed by atoms with E-state index < -0.39 is 0 Å². The van der Waals surface area contributed by atoms with Gasteiger partial charge in [-0.05, 0) is 49.5 Å². The number of benzene rings is 1. The normalized spacial score (nSPS) is 20.9. The van der Waals surface area contributed by atoms with Crippen LogP contribution in [-0.4, -0.2) is 30.6 Å². The maximum atomic E-state index is 5.47. The van der Waals surface area contributed by atoms with E-state index in [0.717, 1.165) is 19.8 Å². The van der Waals surface area contributed by atoms with Gasteiger partial charge in [-0.2, -0.15) is 0 Å². The number of hydrogen-bond acceptors (Lipinski definition) is 3. The zero-order valence-electron chi connectivity index (χ0n) is 12.5. The van der Waals surface area contributed by atoms with Crippen molar-refractivity contribution in [3.8, 4) is 0 Å². The molecule has 0 amide bonds. The molecule has 20 heavy (non-hydrogen) atoms. The number of nitrogens with zero attached hydrogens (tertiary/aromatic N) is 1. The van der Waals surface area contributed by atoms with Crippen molar-refractivity contribution in [3.63, 3.8) is 0 Å². The summed E-state index contributed by atoms with van der Waals surface area (Å²) in [6.07, 6.45) is 4.16. The van der Waals surface area contributed by atoms with Crippen molar-refractivity contribution in [2.45, 2.75) is 52.0 Å². The topological polar surface area (TPSA) is 24.5 Å². The van der Waals surface area contributed by atoms with Crippen LogP contribution in [0.4, 0.5) is 0 Å². The molecule has 1 N–H and O–H groups in total. The number of hydrogen-bond donors (Lipinski definition) is 1. The molecular weight excluding hydrogens is 248 g/mol. The van der Waals surface area contributed by atoms with E-state index in [0.29, 0.717) is 6.04 Å². The molecule has 1 saturated heterocycles. The SMILES string of the molecule is CC(CN1CCCCC1)NCc1ccc2c(c1)COC2. The van der Waals surface area contributed by atoms with Crippen LogP contribution in [0.15, 0.2) is 18.2 Å². The zero-order valence-corrected chi connectivity index (χ0v) is 12.5. The molecule has 2 aliphatic heterocycles. The van der Waals surface area contributed by atoms with E-state index in [1.807, 2.05) is 0 Å². The van der Waals surface area contributed by atoms with Gasteiger partial charge in [-0.3, -0.25) is 0 Å². The molecule has 0 radical (unpaired) electrons. The molecule has 2 aliphatic rings. The molecule has 0 spiro atoms. The first kappa shape index (κ1) is 14.1. The number of rotatable bonds is 5. The smallest absolute Gasteiger partial charge is 0.0725 e. The van der Waals surface area contributed by atoms with Gasteiger partial charge in [-0.25, -0.2) is 0 Å². The van der Waals surface area contributed by atoms with E-state index in [1.54, 1.807) is 0 Å². The quantitative estimate of drug-likeness (QED) is 0.893. The van der Waals surface area contributed by atoms with Gasteiger partial charge < -0.3 is 15.0 Å². The molecule has 1 aromatic carbocycles. The Hall–Kier alpha value is -0.900. The van der Waals surface area contributed by atoms with Gasteiger partial charge in [0.15, 0.2) is 0 Å². The number of fused-ring (bicyclic) bond motifs is 1. The number of likely N-dealkylation sites (tertiary alicyclic amines) is 1. The zero-order chi connectivity index (χ0) is 13.8. The molecule has 1 aromatic rings. The number of nitrogens with one attached hydrogen (secondary N) is 1. The molecular formula is C17H26N2O. The molecule has 3 nitrogen and oxygen atoms in total. The second-order valence-corrected chi connectivity index (χ2v) is 6.24. The van der Waals surface area contributed by atoms with Crippen LogP contribution in [0, 0.1) is 0 Å². The minimum atomic E-state index is 0.553. The van der Waals surface area contributed by atoms with Gasteiger partial charge in [0, 0.05) is 19.1 Å². The van der Waals surface area contributed by atoms with Gasteiger partial charge in [0.2, 0.25) is 0 Å².